The Morgan fingerprint density at radius 3 is 2.57 bits per heavy atom. The highest BCUT2D eigenvalue weighted by molar-refractivity contribution is 7.89. The number of halogens is 2. The van der Waals surface area contributed by atoms with E-state index in [0.717, 1.165) is 4.31 Å². The molecule has 7 nitrogen and oxygen atoms in total. The molecule has 0 aliphatic carbocycles. The van der Waals surface area contributed by atoms with E-state index in [1.54, 1.807) is 0 Å². The third-order valence-electron chi connectivity index (χ3n) is 4.29. The second-order valence-corrected chi connectivity index (χ2v) is 8.93. The number of sulfonamides is 1. The van der Waals surface area contributed by atoms with Crippen LogP contribution in [-0.4, -0.2) is 42.5 Å². The van der Waals surface area contributed by atoms with Crippen LogP contribution in [0.1, 0.15) is 18.4 Å². The molecular formula is C18H17Cl2N3O4S. The number of nitrogens with zero attached hydrogens (tertiary/aromatic N) is 2. The maximum atomic E-state index is 12.9. The summed E-state index contributed by atoms with van der Waals surface area (Å²) in [4.78, 5) is 12.6. The average molecular weight is 442 g/mol. The van der Waals surface area contributed by atoms with Crippen molar-refractivity contribution in [2.75, 3.05) is 6.54 Å². The molecule has 1 amide bonds. The van der Waals surface area contributed by atoms with Crippen molar-refractivity contribution in [1.82, 2.24) is 9.73 Å². The summed E-state index contributed by atoms with van der Waals surface area (Å²) in [6, 6.07) is 9.33. The lowest BCUT2D eigenvalue weighted by Crippen LogP contribution is -2.44. The van der Waals surface area contributed by atoms with E-state index in [0.29, 0.717) is 28.5 Å². The van der Waals surface area contributed by atoms with Gasteiger partial charge in [-0.3, -0.25) is 4.79 Å². The predicted octanol–water partition coefficient (Wildman–Crippen LogP) is 3.00. The molecule has 10 heteroatoms. The molecule has 2 aromatic rings. The standard InChI is InChI=1S/C18H17Cl2N3O4S/c19-13-3-6-15(7-4-13)28(26,27)23-9-1-2-16(23)18(25)22-21-11-12-10-14(20)5-8-17(12)24/h3-8,10-11,16,24H,1-2,9H2,(H,22,25)/t16-/m0/s1. The quantitative estimate of drug-likeness (QED) is 0.550. The fourth-order valence-electron chi connectivity index (χ4n) is 2.90. The number of amides is 1. The van der Waals surface area contributed by atoms with Crippen molar-refractivity contribution < 1.29 is 18.3 Å². The Morgan fingerprint density at radius 1 is 1.18 bits per heavy atom. The van der Waals surface area contributed by atoms with Crippen molar-refractivity contribution in [3.8, 4) is 5.75 Å². The van der Waals surface area contributed by atoms with Gasteiger partial charge in [-0.05, 0) is 55.3 Å². The van der Waals surface area contributed by atoms with Crippen LogP contribution in [0.4, 0.5) is 0 Å². The van der Waals surface area contributed by atoms with Crippen LogP contribution in [0.3, 0.4) is 0 Å². The first-order valence-corrected chi connectivity index (χ1v) is 10.6. The van der Waals surface area contributed by atoms with E-state index in [1.165, 1.54) is 48.7 Å². The molecule has 1 fully saturated rings. The number of hydrogen-bond donors (Lipinski definition) is 2. The number of hydrogen-bond acceptors (Lipinski definition) is 5. The molecule has 2 aromatic carbocycles. The molecule has 0 bridgehead atoms. The molecule has 0 spiro atoms. The highest BCUT2D eigenvalue weighted by Crippen LogP contribution is 2.27. The van der Waals surface area contributed by atoms with Crippen molar-refractivity contribution >= 4 is 45.3 Å². The molecule has 2 N–H and O–H groups in total. The molecule has 1 saturated heterocycles. The molecule has 3 rings (SSSR count). The number of carbonyl (C=O) groups excluding carboxylic acids is 1. The molecule has 1 heterocycles. The largest absolute Gasteiger partial charge is 0.507 e. The Bertz CT molecular complexity index is 1010. The first-order chi connectivity index (χ1) is 13.3. The maximum absolute atomic E-state index is 12.9. The Labute approximate surface area is 172 Å². The monoisotopic (exact) mass is 441 g/mol. The van der Waals surface area contributed by atoms with E-state index in [9.17, 15) is 18.3 Å². The Morgan fingerprint density at radius 2 is 1.86 bits per heavy atom. The predicted molar refractivity (Wildman–Crippen MR) is 107 cm³/mol. The Kier molecular flexibility index (Phi) is 6.24. The minimum Gasteiger partial charge on any atom is -0.507 e. The number of nitrogens with one attached hydrogen (secondary N) is 1. The van der Waals surface area contributed by atoms with Crippen molar-refractivity contribution in [2.45, 2.75) is 23.8 Å². The fourth-order valence-corrected chi connectivity index (χ4v) is 4.86. The van der Waals surface area contributed by atoms with Gasteiger partial charge in [-0.15, -0.1) is 0 Å². The number of carbonyl (C=O) groups is 1. The summed E-state index contributed by atoms with van der Waals surface area (Å²) in [6.07, 6.45) is 2.19. The molecule has 0 aromatic heterocycles. The van der Waals surface area contributed by atoms with Crippen LogP contribution in [0.15, 0.2) is 52.5 Å². The van der Waals surface area contributed by atoms with Crippen LogP contribution in [0.5, 0.6) is 5.75 Å². The molecular weight excluding hydrogens is 425 g/mol. The summed E-state index contributed by atoms with van der Waals surface area (Å²) in [7, 11) is -3.83. The first-order valence-electron chi connectivity index (χ1n) is 8.38. The molecule has 28 heavy (non-hydrogen) atoms. The van der Waals surface area contributed by atoms with Crippen LogP contribution in [0.2, 0.25) is 10.0 Å². The molecule has 148 valence electrons. The van der Waals surface area contributed by atoms with Crippen LogP contribution in [0.25, 0.3) is 0 Å². The van der Waals surface area contributed by atoms with Gasteiger partial charge in [0.05, 0.1) is 11.1 Å². The van der Waals surface area contributed by atoms with Crippen LogP contribution < -0.4 is 5.43 Å². The fraction of sp³-hybridized carbons (Fsp3) is 0.222. The number of hydrazone groups is 1. The number of rotatable bonds is 5. The molecule has 0 saturated carbocycles. The number of phenolic OH excluding ortho intramolecular Hbond substituents is 1. The van der Waals surface area contributed by atoms with Crippen LogP contribution in [0, 0.1) is 0 Å². The zero-order chi connectivity index (χ0) is 20.3. The second-order valence-electron chi connectivity index (χ2n) is 6.17. The van der Waals surface area contributed by atoms with E-state index < -0.39 is 22.0 Å². The SMILES string of the molecule is O=C(NN=Cc1cc(Cl)ccc1O)[C@@H]1CCCN1S(=O)(=O)c1ccc(Cl)cc1. The van der Waals surface area contributed by atoms with Crippen molar-refractivity contribution in [3.63, 3.8) is 0 Å². The third-order valence-corrected chi connectivity index (χ3v) is 6.70. The van der Waals surface area contributed by atoms with Gasteiger partial charge in [-0.1, -0.05) is 23.2 Å². The van der Waals surface area contributed by atoms with E-state index in [-0.39, 0.29) is 17.2 Å². The molecule has 1 atom stereocenters. The van der Waals surface area contributed by atoms with E-state index in [4.69, 9.17) is 23.2 Å². The first kappa shape index (κ1) is 20.6. The third kappa shape index (κ3) is 4.47. The van der Waals surface area contributed by atoms with Gasteiger partial charge in [-0.2, -0.15) is 9.41 Å². The van der Waals surface area contributed by atoms with Gasteiger partial charge in [-0.25, -0.2) is 13.8 Å². The van der Waals surface area contributed by atoms with Crippen molar-refractivity contribution in [2.24, 2.45) is 5.10 Å². The Hall–Kier alpha value is -2.13. The summed E-state index contributed by atoms with van der Waals surface area (Å²) >= 11 is 11.7. The van der Waals surface area contributed by atoms with Crippen molar-refractivity contribution in [3.05, 3.63) is 58.1 Å². The van der Waals surface area contributed by atoms with Gasteiger partial charge in [0.15, 0.2) is 0 Å². The lowest BCUT2D eigenvalue weighted by Gasteiger charge is -2.22. The van der Waals surface area contributed by atoms with Gasteiger partial charge < -0.3 is 5.11 Å². The number of phenols is 1. The molecule has 0 unspecified atom stereocenters. The minimum atomic E-state index is -3.83. The molecule has 0 radical (unpaired) electrons. The summed E-state index contributed by atoms with van der Waals surface area (Å²) < 4.78 is 26.9. The van der Waals surface area contributed by atoms with Gasteiger partial charge >= 0.3 is 0 Å². The highest BCUT2D eigenvalue weighted by Gasteiger charge is 2.39. The maximum Gasteiger partial charge on any atom is 0.258 e. The smallest absolute Gasteiger partial charge is 0.258 e. The summed E-state index contributed by atoms with van der Waals surface area (Å²) in [5.74, 6) is -0.594. The second kappa shape index (κ2) is 8.48. The van der Waals surface area contributed by atoms with Gasteiger partial charge in [0.1, 0.15) is 11.8 Å². The normalized spacial score (nSPS) is 17.9. The summed E-state index contributed by atoms with van der Waals surface area (Å²) in [5.41, 5.74) is 2.66. The van der Waals surface area contributed by atoms with E-state index in [2.05, 4.69) is 10.5 Å². The number of benzene rings is 2. The van der Waals surface area contributed by atoms with E-state index in [1.807, 2.05) is 0 Å². The topological polar surface area (TPSA) is 99.1 Å². The van der Waals surface area contributed by atoms with Gasteiger partial charge in [0.25, 0.3) is 5.91 Å². The zero-order valence-electron chi connectivity index (χ0n) is 14.5. The van der Waals surface area contributed by atoms with Gasteiger partial charge in [0.2, 0.25) is 10.0 Å². The van der Waals surface area contributed by atoms with Gasteiger partial charge in [0, 0.05) is 22.2 Å². The van der Waals surface area contributed by atoms with Crippen molar-refractivity contribution in [1.29, 1.82) is 0 Å². The lowest BCUT2D eigenvalue weighted by molar-refractivity contribution is -0.124. The summed E-state index contributed by atoms with van der Waals surface area (Å²) in [6.45, 7) is 0.238. The molecule has 1 aliphatic rings. The van der Waals surface area contributed by atoms with E-state index >= 15 is 0 Å². The van der Waals surface area contributed by atoms with Crippen LogP contribution >= 0.6 is 23.2 Å². The average Bonchev–Trinajstić information content (AvgIpc) is 3.16. The Balaban J connectivity index is 1.73. The molecule has 1 aliphatic heterocycles. The number of aromatic hydroxyl groups is 1. The highest BCUT2D eigenvalue weighted by atomic mass is 35.5. The minimum absolute atomic E-state index is 0.0461. The summed E-state index contributed by atoms with van der Waals surface area (Å²) in [5, 5.41) is 14.4. The van der Waals surface area contributed by atoms with Crippen LogP contribution in [-0.2, 0) is 14.8 Å². The lowest BCUT2D eigenvalue weighted by atomic mass is 10.2. The zero-order valence-corrected chi connectivity index (χ0v) is 16.9.